The van der Waals surface area contributed by atoms with Crippen molar-refractivity contribution in [3.8, 4) is 0 Å². The molecule has 1 aromatic heterocycles. The van der Waals surface area contributed by atoms with Gasteiger partial charge in [-0.3, -0.25) is 19.8 Å². The number of benzene rings is 3. The number of carbonyl (C=O) groups is 3. The zero-order valence-electron chi connectivity index (χ0n) is 18.4. The summed E-state index contributed by atoms with van der Waals surface area (Å²) in [7, 11) is 0. The minimum absolute atomic E-state index is 0.0769. The minimum Gasteiger partial charge on any atom is -0.344 e. The number of amides is 3. The van der Waals surface area contributed by atoms with E-state index >= 15 is 0 Å². The minimum atomic E-state index is -0.937. The van der Waals surface area contributed by atoms with Crippen LogP contribution in [0.15, 0.2) is 66.7 Å². The Balaban J connectivity index is 1.56. The Bertz CT molecular complexity index is 1450. The standard InChI is InChI=1S/C25H19Cl3N4O3/c1-14-2-4-15(5-3-14)13-29-24(34)25(35)31-32-21-9-6-17(26)10-16(21)11-22(32)23(33)30-18-7-8-19(27)20(28)12-18/h2-12H,13H2,1H3,(H,29,34)(H,30,33)(H,31,35). The number of aryl methyl sites for hydroxylation is 1. The van der Waals surface area contributed by atoms with Crippen LogP contribution in [0.4, 0.5) is 5.69 Å². The largest absolute Gasteiger partial charge is 0.344 e. The molecule has 0 spiro atoms. The van der Waals surface area contributed by atoms with Crippen LogP contribution >= 0.6 is 34.8 Å². The van der Waals surface area contributed by atoms with E-state index in [0.29, 0.717) is 26.6 Å². The molecule has 0 aliphatic carbocycles. The van der Waals surface area contributed by atoms with Crippen molar-refractivity contribution in [3.63, 3.8) is 0 Å². The third-order valence-electron chi connectivity index (χ3n) is 5.17. The topological polar surface area (TPSA) is 92.2 Å². The first-order chi connectivity index (χ1) is 16.7. The molecule has 0 aliphatic heterocycles. The number of nitrogens with zero attached hydrogens (tertiary/aromatic N) is 1. The van der Waals surface area contributed by atoms with Crippen molar-refractivity contribution in [2.24, 2.45) is 0 Å². The Kier molecular flexibility index (Phi) is 7.31. The van der Waals surface area contributed by atoms with Crippen LogP contribution < -0.4 is 16.1 Å². The molecule has 0 unspecified atom stereocenters. The highest BCUT2D eigenvalue weighted by Gasteiger charge is 2.21. The maximum Gasteiger partial charge on any atom is 0.328 e. The van der Waals surface area contributed by atoms with E-state index in [0.717, 1.165) is 11.1 Å². The number of hydrogen-bond acceptors (Lipinski definition) is 3. The van der Waals surface area contributed by atoms with E-state index in [-0.39, 0.29) is 17.3 Å². The van der Waals surface area contributed by atoms with Gasteiger partial charge in [-0.25, -0.2) is 4.68 Å². The lowest BCUT2D eigenvalue weighted by Crippen LogP contribution is -2.39. The third kappa shape index (κ3) is 5.77. The zero-order valence-corrected chi connectivity index (χ0v) is 20.6. The van der Waals surface area contributed by atoms with Crippen molar-refractivity contribution in [1.29, 1.82) is 0 Å². The van der Waals surface area contributed by atoms with Crippen LogP contribution in [0, 0.1) is 6.92 Å². The molecule has 4 rings (SSSR count). The molecule has 0 atom stereocenters. The molecule has 0 radical (unpaired) electrons. The number of hydrogen-bond donors (Lipinski definition) is 3. The molecule has 35 heavy (non-hydrogen) atoms. The fourth-order valence-electron chi connectivity index (χ4n) is 3.36. The van der Waals surface area contributed by atoms with Gasteiger partial charge in [-0.05, 0) is 55.0 Å². The van der Waals surface area contributed by atoms with Crippen LogP contribution in [-0.4, -0.2) is 22.4 Å². The quantitative estimate of drug-likeness (QED) is 0.296. The SMILES string of the molecule is Cc1ccc(CNC(=O)C(=O)Nn2c(C(=O)Nc3ccc(Cl)c(Cl)c3)cc3cc(Cl)ccc32)cc1. The summed E-state index contributed by atoms with van der Waals surface area (Å²) in [5, 5.41) is 6.95. The van der Waals surface area contributed by atoms with Gasteiger partial charge in [0, 0.05) is 22.6 Å². The van der Waals surface area contributed by atoms with Gasteiger partial charge < -0.3 is 10.6 Å². The molecule has 10 heteroatoms. The first kappa shape index (κ1) is 24.6. The molecular weight excluding hydrogens is 511 g/mol. The van der Waals surface area contributed by atoms with Crippen LogP contribution in [0.3, 0.4) is 0 Å². The molecule has 3 aromatic carbocycles. The molecular formula is C25H19Cl3N4O3. The van der Waals surface area contributed by atoms with Crippen molar-refractivity contribution in [2.75, 3.05) is 10.7 Å². The van der Waals surface area contributed by atoms with E-state index in [9.17, 15) is 14.4 Å². The summed E-state index contributed by atoms with van der Waals surface area (Å²) in [5.74, 6) is -2.33. The molecule has 0 fully saturated rings. The first-order valence-corrected chi connectivity index (χ1v) is 11.6. The molecule has 0 aliphatic rings. The molecule has 4 aromatic rings. The van der Waals surface area contributed by atoms with Crippen molar-refractivity contribution in [3.05, 3.63) is 98.6 Å². The smallest absolute Gasteiger partial charge is 0.328 e. The summed E-state index contributed by atoms with van der Waals surface area (Å²) < 4.78 is 1.24. The maximum absolute atomic E-state index is 13.1. The van der Waals surface area contributed by atoms with Gasteiger partial charge in [-0.1, -0.05) is 64.6 Å². The van der Waals surface area contributed by atoms with Crippen molar-refractivity contribution in [1.82, 2.24) is 9.99 Å². The number of halogens is 3. The van der Waals surface area contributed by atoms with Crippen LogP contribution in [-0.2, 0) is 16.1 Å². The summed E-state index contributed by atoms with van der Waals surface area (Å²) in [5.41, 5.74) is 5.39. The number of nitrogens with one attached hydrogen (secondary N) is 3. The predicted molar refractivity (Wildman–Crippen MR) is 139 cm³/mol. The fourth-order valence-corrected chi connectivity index (χ4v) is 3.84. The van der Waals surface area contributed by atoms with Gasteiger partial charge in [-0.15, -0.1) is 0 Å². The van der Waals surface area contributed by atoms with Crippen LogP contribution in [0.25, 0.3) is 10.9 Å². The highest BCUT2D eigenvalue weighted by Crippen LogP contribution is 2.27. The lowest BCUT2D eigenvalue weighted by Gasteiger charge is -2.13. The van der Waals surface area contributed by atoms with Crippen LogP contribution in [0.2, 0.25) is 15.1 Å². The number of aromatic nitrogens is 1. The van der Waals surface area contributed by atoms with E-state index in [1.165, 1.54) is 10.7 Å². The lowest BCUT2D eigenvalue weighted by atomic mass is 10.1. The number of carbonyl (C=O) groups excluding carboxylic acids is 3. The Morgan fingerprint density at radius 1 is 0.829 bits per heavy atom. The zero-order chi connectivity index (χ0) is 25.1. The molecule has 0 saturated heterocycles. The fraction of sp³-hybridized carbons (Fsp3) is 0.0800. The van der Waals surface area contributed by atoms with Gasteiger partial charge in [0.2, 0.25) is 0 Å². The monoisotopic (exact) mass is 528 g/mol. The van der Waals surface area contributed by atoms with E-state index in [4.69, 9.17) is 34.8 Å². The van der Waals surface area contributed by atoms with E-state index in [2.05, 4.69) is 16.1 Å². The summed E-state index contributed by atoms with van der Waals surface area (Å²) in [6, 6.07) is 18.7. The highest BCUT2D eigenvalue weighted by atomic mass is 35.5. The van der Waals surface area contributed by atoms with Gasteiger partial charge in [0.1, 0.15) is 5.69 Å². The van der Waals surface area contributed by atoms with Gasteiger partial charge >= 0.3 is 11.8 Å². The first-order valence-electron chi connectivity index (χ1n) is 10.4. The third-order valence-corrected chi connectivity index (χ3v) is 6.14. The second-order valence-electron chi connectivity index (χ2n) is 7.76. The van der Waals surface area contributed by atoms with Crippen molar-refractivity contribution >= 4 is 69.1 Å². The second-order valence-corrected chi connectivity index (χ2v) is 9.01. The Hall–Kier alpha value is -3.52. The van der Waals surface area contributed by atoms with Crippen molar-refractivity contribution in [2.45, 2.75) is 13.5 Å². The molecule has 178 valence electrons. The average molecular weight is 530 g/mol. The lowest BCUT2D eigenvalue weighted by molar-refractivity contribution is -0.136. The van der Waals surface area contributed by atoms with Gasteiger partial charge in [-0.2, -0.15) is 0 Å². The van der Waals surface area contributed by atoms with Crippen LogP contribution in [0.5, 0.6) is 0 Å². The van der Waals surface area contributed by atoms with Gasteiger partial charge in [0.05, 0.1) is 15.6 Å². The second kappa shape index (κ2) is 10.4. The van der Waals surface area contributed by atoms with E-state index < -0.39 is 17.7 Å². The molecule has 0 saturated carbocycles. The Morgan fingerprint density at radius 2 is 1.57 bits per heavy atom. The number of anilines is 1. The highest BCUT2D eigenvalue weighted by molar-refractivity contribution is 6.42. The van der Waals surface area contributed by atoms with Crippen LogP contribution in [0.1, 0.15) is 21.6 Å². The summed E-state index contributed by atoms with van der Waals surface area (Å²) >= 11 is 18.1. The molecule has 1 heterocycles. The Morgan fingerprint density at radius 3 is 2.29 bits per heavy atom. The molecule has 7 nitrogen and oxygen atoms in total. The molecule has 3 N–H and O–H groups in total. The maximum atomic E-state index is 13.1. The normalized spacial score (nSPS) is 10.7. The van der Waals surface area contributed by atoms with E-state index in [1.807, 2.05) is 31.2 Å². The van der Waals surface area contributed by atoms with Gasteiger partial charge in [0.15, 0.2) is 0 Å². The van der Waals surface area contributed by atoms with Crippen molar-refractivity contribution < 1.29 is 14.4 Å². The summed E-state index contributed by atoms with van der Waals surface area (Å²) in [6.45, 7) is 2.14. The predicted octanol–water partition coefficient (Wildman–Crippen LogP) is 5.55. The average Bonchev–Trinajstić information content (AvgIpc) is 3.18. The summed E-state index contributed by atoms with van der Waals surface area (Å²) in [6.07, 6.45) is 0. The molecule has 3 amide bonds. The number of rotatable bonds is 5. The Labute approximate surface area is 215 Å². The number of fused-ring (bicyclic) bond motifs is 1. The summed E-state index contributed by atoms with van der Waals surface area (Å²) in [4.78, 5) is 38.2. The van der Waals surface area contributed by atoms with Gasteiger partial charge in [0.25, 0.3) is 5.91 Å². The molecule has 0 bridgehead atoms. The van der Waals surface area contributed by atoms with E-state index in [1.54, 1.807) is 36.4 Å².